The highest BCUT2D eigenvalue weighted by molar-refractivity contribution is 6.01. The normalized spacial score (nSPS) is 13.5. The Bertz CT molecular complexity index is 1750. The van der Waals surface area contributed by atoms with Crippen molar-refractivity contribution >= 4 is 52.2 Å². The van der Waals surface area contributed by atoms with Crippen molar-refractivity contribution in [1.82, 2.24) is 21.3 Å². The van der Waals surface area contributed by atoms with Crippen LogP contribution in [-0.2, 0) is 35.2 Å². The van der Waals surface area contributed by atoms with Crippen molar-refractivity contribution in [2.45, 2.75) is 71.6 Å². The zero-order chi connectivity index (χ0) is 35.7. The lowest BCUT2D eigenvalue weighted by atomic mass is 10.0. The fourth-order valence-corrected chi connectivity index (χ4v) is 4.79. The molecule has 5 amide bonds. The summed E-state index contributed by atoms with van der Waals surface area (Å²) in [6.45, 7) is 7.60. The van der Waals surface area contributed by atoms with Gasteiger partial charge in [0.1, 0.15) is 35.5 Å². The molecule has 0 fully saturated rings. The number of benzene rings is 2. The molecule has 4 unspecified atom stereocenters. The molecule has 0 bridgehead atoms. The van der Waals surface area contributed by atoms with E-state index < -0.39 is 77.6 Å². The van der Waals surface area contributed by atoms with Gasteiger partial charge in [0.05, 0.1) is 6.42 Å². The maximum absolute atomic E-state index is 13.2. The molecule has 3 aromatic rings. The molecule has 0 spiro atoms. The average molecular weight is 666 g/mol. The van der Waals surface area contributed by atoms with E-state index in [0.29, 0.717) is 16.5 Å². The van der Waals surface area contributed by atoms with Crippen molar-refractivity contribution < 1.29 is 43.4 Å². The van der Waals surface area contributed by atoms with Crippen LogP contribution < -0.4 is 32.2 Å². The molecule has 3 rings (SSSR count). The third kappa shape index (κ3) is 10.4. The minimum atomic E-state index is -1.55. The Labute approximate surface area is 275 Å². The number of rotatable bonds is 14. The lowest BCUT2D eigenvalue weighted by Crippen LogP contribution is -2.58. The van der Waals surface area contributed by atoms with Crippen LogP contribution in [0.5, 0.6) is 5.75 Å². The third-order valence-electron chi connectivity index (χ3n) is 7.30. The van der Waals surface area contributed by atoms with Crippen molar-refractivity contribution in [2.24, 2.45) is 5.92 Å². The molecule has 48 heavy (non-hydrogen) atoms. The van der Waals surface area contributed by atoms with Crippen LogP contribution in [0.4, 0.5) is 5.69 Å². The van der Waals surface area contributed by atoms with Gasteiger partial charge in [-0.1, -0.05) is 26.0 Å². The third-order valence-corrected chi connectivity index (χ3v) is 7.30. The molecule has 0 aliphatic heterocycles. The van der Waals surface area contributed by atoms with E-state index in [4.69, 9.17) is 4.42 Å². The van der Waals surface area contributed by atoms with Crippen LogP contribution in [0, 0.1) is 12.8 Å². The zero-order valence-corrected chi connectivity index (χ0v) is 27.1. The van der Waals surface area contributed by atoms with E-state index in [1.165, 1.54) is 44.2 Å². The quantitative estimate of drug-likeness (QED) is 0.121. The van der Waals surface area contributed by atoms with Gasteiger partial charge in [-0.2, -0.15) is 0 Å². The predicted molar refractivity (Wildman–Crippen MR) is 174 cm³/mol. The summed E-state index contributed by atoms with van der Waals surface area (Å²) in [5, 5.41) is 32.0. The molecular weight excluding hydrogens is 626 g/mol. The molecule has 0 saturated heterocycles. The monoisotopic (exact) mass is 665 g/mol. The molecule has 7 N–H and O–H groups in total. The summed E-state index contributed by atoms with van der Waals surface area (Å²) in [7, 11) is 0. The number of carbonyl (C=O) groups is 6. The van der Waals surface area contributed by atoms with Crippen LogP contribution >= 0.6 is 0 Å². The van der Waals surface area contributed by atoms with Crippen molar-refractivity contribution in [3.63, 3.8) is 0 Å². The number of carboxylic acids is 1. The van der Waals surface area contributed by atoms with Gasteiger partial charge in [0.15, 0.2) is 0 Å². The van der Waals surface area contributed by atoms with Gasteiger partial charge in [-0.15, -0.1) is 0 Å². The number of nitrogens with one attached hydrogen (secondary N) is 5. The van der Waals surface area contributed by atoms with E-state index in [1.54, 1.807) is 39.0 Å². The van der Waals surface area contributed by atoms with Crippen LogP contribution in [0.15, 0.2) is 57.7 Å². The Balaban J connectivity index is 1.68. The van der Waals surface area contributed by atoms with Crippen molar-refractivity contribution in [2.75, 3.05) is 5.32 Å². The number of aryl methyl sites for hydroxylation is 1. The first kappa shape index (κ1) is 36.7. The van der Waals surface area contributed by atoms with Crippen LogP contribution in [0.25, 0.3) is 11.0 Å². The molecule has 15 nitrogen and oxygen atoms in total. The fraction of sp³-hybridized carbons (Fsp3) is 0.364. The molecule has 256 valence electrons. The standard InChI is InChI=1S/C33H39N5O10/c1-16(2)29(38-32(46)24(35-19(5)39)13-20-6-9-22(40)10-7-20)33(47)34-18(4)30(44)37-25(15-27(41)42)31(45)36-21-8-11-23-17(3)12-28(43)48-26(23)14-21/h6-12,14,16,18,24-25,29,40H,13,15H2,1-5H3,(H,34,47)(H,35,39)(H,36,45)(H,37,44)(H,38,46)(H,41,42). The van der Waals surface area contributed by atoms with E-state index >= 15 is 0 Å². The number of amides is 5. The number of hydrogen-bond acceptors (Lipinski definition) is 9. The van der Waals surface area contributed by atoms with Gasteiger partial charge >= 0.3 is 11.6 Å². The van der Waals surface area contributed by atoms with Crippen LogP contribution in [0.2, 0.25) is 0 Å². The van der Waals surface area contributed by atoms with E-state index in [0.717, 1.165) is 0 Å². The van der Waals surface area contributed by atoms with Gasteiger partial charge in [-0.3, -0.25) is 28.8 Å². The first-order valence-electron chi connectivity index (χ1n) is 15.1. The molecule has 0 aliphatic carbocycles. The molecule has 2 aromatic carbocycles. The minimum Gasteiger partial charge on any atom is -0.508 e. The van der Waals surface area contributed by atoms with Gasteiger partial charge in [-0.05, 0) is 55.2 Å². The Kier molecular flexibility index (Phi) is 12.4. The SMILES string of the molecule is CC(=O)NC(Cc1ccc(O)cc1)C(=O)NC(C(=O)NC(C)C(=O)NC(CC(=O)O)C(=O)Nc1ccc2c(C)cc(=O)oc2c1)C(C)C. The van der Waals surface area contributed by atoms with E-state index in [9.17, 15) is 43.8 Å². The molecule has 0 radical (unpaired) electrons. The first-order chi connectivity index (χ1) is 22.5. The van der Waals surface area contributed by atoms with Gasteiger partial charge < -0.3 is 41.2 Å². The lowest BCUT2D eigenvalue weighted by molar-refractivity contribution is -0.140. The number of anilines is 1. The summed E-state index contributed by atoms with van der Waals surface area (Å²) in [4.78, 5) is 87.7. The summed E-state index contributed by atoms with van der Waals surface area (Å²) >= 11 is 0. The molecule has 0 saturated carbocycles. The highest BCUT2D eigenvalue weighted by Gasteiger charge is 2.32. The zero-order valence-electron chi connectivity index (χ0n) is 27.1. The molecule has 15 heteroatoms. The van der Waals surface area contributed by atoms with E-state index in [1.807, 2.05) is 0 Å². The van der Waals surface area contributed by atoms with Crippen LogP contribution in [0.1, 0.15) is 45.2 Å². The van der Waals surface area contributed by atoms with Crippen molar-refractivity contribution in [3.8, 4) is 5.75 Å². The lowest BCUT2D eigenvalue weighted by Gasteiger charge is -2.27. The number of phenols is 1. The molecule has 4 atom stereocenters. The summed E-state index contributed by atoms with van der Waals surface area (Å²) < 4.78 is 5.18. The summed E-state index contributed by atoms with van der Waals surface area (Å²) in [5.41, 5.74) is 1.09. The van der Waals surface area contributed by atoms with Crippen LogP contribution in [-0.4, -0.2) is 69.9 Å². The van der Waals surface area contributed by atoms with Crippen molar-refractivity contribution in [1.29, 1.82) is 0 Å². The second kappa shape index (κ2) is 16.2. The fourth-order valence-electron chi connectivity index (χ4n) is 4.79. The Morgan fingerprint density at radius 1 is 0.792 bits per heavy atom. The van der Waals surface area contributed by atoms with Crippen LogP contribution in [0.3, 0.4) is 0 Å². The topological polar surface area (TPSA) is 233 Å². The summed E-state index contributed by atoms with van der Waals surface area (Å²) in [6, 6.07) is 6.89. The highest BCUT2D eigenvalue weighted by Crippen LogP contribution is 2.21. The van der Waals surface area contributed by atoms with Gasteiger partial charge in [-0.25, -0.2) is 4.79 Å². The molecule has 0 aliphatic rings. The Morgan fingerprint density at radius 3 is 2.06 bits per heavy atom. The number of carboxylic acid groups (broad SMARTS) is 1. The smallest absolute Gasteiger partial charge is 0.336 e. The second-order valence-corrected chi connectivity index (χ2v) is 11.7. The molecule has 1 aromatic heterocycles. The number of hydrogen-bond donors (Lipinski definition) is 7. The number of aliphatic carboxylic acids is 1. The maximum atomic E-state index is 13.2. The van der Waals surface area contributed by atoms with Gasteiger partial charge in [0.25, 0.3) is 0 Å². The number of carbonyl (C=O) groups excluding carboxylic acids is 5. The van der Waals surface area contributed by atoms with Crippen molar-refractivity contribution in [3.05, 3.63) is 70.1 Å². The largest absolute Gasteiger partial charge is 0.508 e. The molecular formula is C33H39N5O10. The minimum absolute atomic E-state index is 0.0278. The number of phenolic OH excluding ortho intramolecular Hbond substituents is 1. The highest BCUT2D eigenvalue weighted by atomic mass is 16.4. The van der Waals surface area contributed by atoms with Gasteiger partial charge in [0.2, 0.25) is 29.5 Å². The average Bonchev–Trinajstić information content (AvgIpc) is 2.99. The Morgan fingerprint density at radius 2 is 1.46 bits per heavy atom. The Hall–Kier alpha value is -5.73. The molecule has 1 heterocycles. The predicted octanol–water partition coefficient (Wildman–Crippen LogP) is 1.10. The van der Waals surface area contributed by atoms with Gasteiger partial charge in [0, 0.05) is 36.6 Å². The first-order valence-corrected chi connectivity index (χ1v) is 15.1. The number of fused-ring (bicyclic) bond motifs is 1. The maximum Gasteiger partial charge on any atom is 0.336 e. The van der Waals surface area contributed by atoms with E-state index in [-0.39, 0.29) is 23.4 Å². The van der Waals surface area contributed by atoms with E-state index in [2.05, 4.69) is 26.6 Å². The second-order valence-electron chi connectivity index (χ2n) is 11.7. The summed E-state index contributed by atoms with van der Waals surface area (Å²) in [6.07, 6.45) is -0.715. The number of aromatic hydroxyl groups is 1. The summed E-state index contributed by atoms with van der Waals surface area (Å²) in [5.74, 6) is -5.43.